The van der Waals surface area contributed by atoms with Gasteiger partial charge in [0.1, 0.15) is 0 Å². The van der Waals surface area contributed by atoms with Crippen molar-refractivity contribution in [3.63, 3.8) is 0 Å². The minimum Gasteiger partial charge on any atom is -0.466 e. The molecule has 0 aliphatic heterocycles. The van der Waals surface area contributed by atoms with Crippen molar-refractivity contribution in [3.8, 4) is 0 Å². The quantitative estimate of drug-likeness (QED) is 0.145. The third-order valence-corrected chi connectivity index (χ3v) is 6.99. The van der Waals surface area contributed by atoms with Crippen LogP contribution in [0.25, 0.3) is 43.1 Å². The van der Waals surface area contributed by atoms with Crippen LogP contribution in [0.4, 0.5) is 0 Å². The lowest BCUT2D eigenvalue weighted by Crippen LogP contribution is -2.26. The van der Waals surface area contributed by atoms with E-state index in [1.165, 1.54) is 0 Å². The number of nitrogens with one attached hydrogen (secondary N) is 2. The summed E-state index contributed by atoms with van der Waals surface area (Å²) in [6, 6.07) is 19.2. The van der Waals surface area contributed by atoms with Crippen LogP contribution in [0.3, 0.4) is 0 Å². The standard InChI is InChI=1S/C32H30N2O6/c1-3-39-27(35)15-17-33-31(37)25-13-11-23-20-8-6-10-22-26(32(38)34-18-16-28(36)40-4-2)14-12-24(30(20)22)19-7-5-9-21(25)29(19)23/h5-14H,3-4,15-18H2,1-2H3,(H,33,37)(H,34,38). The Hall–Kier alpha value is -4.72. The fourth-order valence-electron chi connectivity index (χ4n) is 5.32. The molecule has 40 heavy (non-hydrogen) atoms. The van der Waals surface area contributed by atoms with Gasteiger partial charge in [0.15, 0.2) is 0 Å². The number of carbonyl (C=O) groups is 4. The predicted octanol–water partition coefficient (Wildman–Crippen LogP) is 5.10. The minimum atomic E-state index is -0.351. The van der Waals surface area contributed by atoms with Crippen molar-refractivity contribution in [2.75, 3.05) is 26.3 Å². The van der Waals surface area contributed by atoms with E-state index in [1.54, 1.807) is 26.0 Å². The second kappa shape index (κ2) is 11.6. The van der Waals surface area contributed by atoms with E-state index in [-0.39, 0.29) is 49.7 Å². The molecule has 0 atom stereocenters. The molecular weight excluding hydrogens is 508 g/mol. The van der Waals surface area contributed by atoms with Gasteiger partial charge in [0.25, 0.3) is 11.8 Å². The molecule has 0 aliphatic rings. The van der Waals surface area contributed by atoms with E-state index in [9.17, 15) is 19.2 Å². The van der Waals surface area contributed by atoms with E-state index < -0.39 is 0 Å². The van der Waals surface area contributed by atoms with E-state index in [0.29, 0.717) is 24.3 Å². The third kappa shape index (κ3) is 5.00. The zero-order valence-corrected chi connectivity index (χ0v) is 22.5. The maximum Gasteiger partial charge on any atom is 0.307 e. The highest BCUT2D eigenvalue weighted by atomic mass is 16.5. The highest BCUT2D eigenvalue weighted by Gasteiger charge is 2.20. The zero-order valence-electron chi connectivity index (χ0n) is 22.5. The molecule has 0 heterocycles. The Morgan fingerprint density at radius 1 is 0.550 bits per heavy atom. The lowest BCUT2D eigenvalue weighted by atomic mass is 9.87. The summed E-state index contributed by atoms with van der Waals surface area (Å²) in [5.41, 5.74) is 1.05. The molecule has 0 saturated carbocycles. The normalized spacial score (nSPS) is 11.2. The van der Waals surface area contributed by atoms with Gasteiger partial charge in [0.05, 0.1) is 26.1 Å². The Kier molecular flexibility index (Phi) is 7.77. The van der Waals surface area contributed by atoms with Gasteiger partial charge < -0.3 is 20.1 Å². The van der Waals surface area contributed by atoms with Gasteiger partial charge >= 0.3 is 11.9 Å². The van der Waals surface area contributed by atoms with Crippen LogP contribution in [0, 0.1) is 0 Å². The molecule has 2 amide bonds. The molecule has 0 aliphatic carbocycles. The second-order valence-corrected chi connectivity index (χ2v) is 9.40. The average Bonchev–Trinajstić information content (AvgIpc) is 2.95. The summed E-state index contributed by atoms with van der Waals surface area (Å²) in [4.78, 5) is 49.6. The first-order valence-electron chi connectivity index (χ1n) is 13.4. The van der Waals surface area contributed by atoms with Gasteiger partial charge in [-0.1, -0.05) is 48.5 Å². The van der Waals surface area contributed by atoms with Crippen LogP contribution in [0.1, 0.15) is 47.4 Å². The number of hydrogen-bond acceptors (Lipinski definition) is 6. The van der Waals surface area contributed by atoms with Crippen LogP contribution < -0.4 is 10.6 Å². The number of fused-ring (bicyclic) bond motifs is 2. The molecule has 2 N–H and O–H groups in total. The summed E-state index contributed by atoms with van der Waals surface area (Å²) in [5, 5.41) is 13.1. The summed E-state index contributed by atoms with van der Waals surface area (Å²) in [6.07, 6.45) is 0.212. The van der Waals surface area contributed by atoms with Crippen LogP contribution in [0.15, 0.2) is 60.7 Å². The van der Waals surface area contributed by atoms with Crippen LogP contribution >= 0.6 is 0 Å². The topological polar surface area (TPSA) is 111 Å². The molecule has 5 aromatic rings. The monoisotopic (exact) mass is 538 g/mol. The molecule has 8 nitrogen and oxygen atoms in total. The maximum atomic E-state index is 13.1. The fraction of sp³-hybridized carbons (Fsp3) is 0.250. The van der Waals surface area contributed by atoms with Crippen molar-refractivity contribution in [1.82, 2.24) is 10.6 Å². The molecular formula is C32H30N2O6. The molecule has 5 rings (SSSR count). The molecule has 204 valence electrons. The first-order chi connectivity index (χ1) is 19.4. The minimum absolute atomic E-state index is 0.106. The van der Waals surface area contributed by atoms with Crippen molar-refractivity contribution in [3.05, 3.63) is 71.8 Å². The second-order valence-electron chi connectivity index (χ2n) is 9.40. The molecule has 8 heteroatoms. The van der Waals surface area contributed by atoms with E-state index in [1.807, 2.05) is 48.5 Å². The number of carbonyl (C=O) groups excluding carboxylic acids is 4. The van der Waals surface area contributed by atoms with Gasteiger partial charge in [0, 0.05) is 24.2 Å². The highest BCUT2D eigenvalue weighted by Crippen LogP contribution is 2.41. The van der Waals surface area contributed by atoms with E-state index in [2.05, 4.69) is 10.6 Å². The Bertz CT molecular complexity index is 1610. The van der Waals surface area contributed by atoms with Crippen LogP contribution in [0.2, 0.25) is 0 Å². The van der Waals surface area contributed by atoms with Gasteiger partial charge in [-0.3, -0.25) is 19.2 Å². The van der Waals surface area contributed by atoms with Gasteiger partial charge in [-0.2, -0.15) is 0 Å². The van der Waals surface area contributed by atoms with Crippen molar-refractivity contribution in [2.24, 2.45) is 0 Å². The van der Waals surface area contributed by atoms with Crippen LogP contribution in [-0.4, -0.2) is 50.1 Å². The number of ether oxygens (including phenoxy) is 2. The molecule has 0 spiro atoms. The van der Waals surface area contributed by atoms with Crippen molar-refractivity contribution >= 4 is 66.8 Å². The van der Waals surface area contributed by atoms with Crippen molar-refractivity contribution in [1.29, 1.82) is 0 Å². The lowest BCUT2D eigenvalue weighted by Gasteiger charge is -2.17. The summed E-state index contributed by atoms with van der Waals surface area (Å²) >= 11 is 0. The summed E-state index contributed by atoms with van der Waals surface area (Å²) < 4.78 is 9.88. The summed E-state index contributed by atoms with van der Waals surface area (Å²) in [6.45, 7) is 4.47. The molecule has 0 saturated heterocycles. The van der Waals surface area contributed by atoms with E-state index in [4.69, 9.17) is 9.47 Å². The fourth-order valence-corrected chi connectivity index (χ4v) is 5.32. The largest absolute Gasteiger partial charge is 0.466 e. The Morgan fingerprint density at radius 3 is 1.32 bits per heavy atom. The van der Waals surface area contributed by atoms with E-state index in [0.717, 1.165) is 43.1 Å². The highest BCUT2D eigenvalue weighted by molar-refractivity contribution is 6.35. The van der Waals surface area contributed by atoms with Crippen LogP contribution in [0.5, 0.6) is 0 Å². The van der Waals surface area contributed by atoms with Gasteiger partial charge in [-0.25, -0.2) is 0 Å². The SMILES string of the molecule is CCOC(=O)CCNC(=O)c1ccc2c3cccc4c(C(=O)NCCC(=O)OCC)ccc(c5cccc1c52)c43. The van der Waals surface area contributed by atoms with Gasteiger partial charge in [-0.05, 0) is 69.1 Å². The molecule has 0 bridgehead atoms. The Balaban J connectivity index is 1.54. The smallest absolute Gasteiger partial charge is 0.307 e. The van der Waals surface area contributed by atoms with Gasteiger partial charge in [0.2, 0.25) is 0 Å². The van der Waals surface area contributed by atoms with E-state index >= 15 is 0 Å². The Labute approximate surface area is 230 Å². The predicted molar refractivity (Wildman–Crippen MR) is 155 cm³/mol. The maximum absolute atomic E-state index is 13.1. The lowest BCUT2D eigenvalue weighted by molar-refractivity contribution is -0.143. The van der Waals surface area contributed by atoms with Crippen molar-refractivity contribution < 1.29 is 28.7 Å². The van der Waals surface area contributed by atoms with Gasteiger partial charge in [-0.15, -0.1) is 0 Å². The number of esters is 2. The molecule has 0 aromatic heterocycles. The number of amides is 2. The molecule has 0 fully saturated rings. The third-order valence-electron chi connectivity index (χ3n) is 6.99. The molecule has 0 radical (unpaired) electrons. The number of benzene rings is 5. The Morgan fingerprint density at radius 2 is 0.925 bits per heavy atom. The summed E-state index contributed by atoms with van der Waals surface area (Å²) in [7, 11) is 0. The number of hydrogen-bond donors (Lipinski definition) is 2. The first kappa shape index (κ1) is 26.9. The van der Waals surface area contributed by atoms with Crippen LogP contribution in [-0.2, 0) is 19.1 Å². The molecule has 0 unspecified atom stereocenters. The average molecular weight is 539 g/mol. The molecule has 5 aromatic carbocycles. The van der Waals surface area contributed by atoms with Crippen molar-refractivity contribution in [2.45, 2.75) is 26.7 Å². The number of rotatable bonds is 10. The first-order valence-corrected chi connectivity index (χ1v) is 13.4. The zero-order chi connectivity index (χ0) is 28.2. The summed E-state index contributed by atoms with van der Waals surface area (Å²) in [5.74, 6) is -1.22.